The highest BCUT2D eigenvalue weighted by molar-refractivity contribution is 5.85. The van der Waals surface area contributed by atoms with Gasteiger partial charge in [0.25, 0.3) is 0 Å². The number of nitrogens with one attached hydrogen (secondary N) is 1. The highest BCUT2D eigenvalue weighted by atomic mass is 35.5. The SMILES string of the molecule is CCC(C)C(C(=O)N(C)CCNC)c1ccccc1.Cl. The van der Waals surface area contributed by atoms with E-state index in [1.807, 2.05) is 37.2 Å². The lowest BCUT2D eigenvalue weighted by Crippen LogP contribution is -2.38. The molecule has 0 radical (unpaired) electrons. The molecule has 0 bridgehead atoms. The number of amides is 1. The van der Waals surface area contributed by atoms with Crippen molar-refractivity contribution in [3.8, 4) is 0 Å². The van der Waals surface area contributed by atoms with Crippen LogP contribution in [-0.4, -0.2) is 38.0 Å². The molecule has 1 aromatic rings. The van der Waals surface area contributed by atoms with E-state index in [1.165, 1.54) is 0 Å². The minimum atomic E-state index is -0.0342. The van der Waals surface area contributed by atoms with Crippen LogP contribution in [0.4, 0.5) is 0 Å². The van der Waals surface area contributed by atoms with Crippen molar-refractivity contribution in [2.45, 2.75) is 26.2 Å². The van der Waals surface area contributed by atoms with Gasteiger partial charge in [-0.1, -0.05) is 50.6 Å². The summed E-state index contributed by atoms with van der Waals surface area (Å²) in [4.78, 5) is 14.5. The molecule has 1 rings (SSSR count). The van der Waals surface area contributed by atoms with Crippen LogP contribution in [0.2, 0.25) is 0 Å². The third kappa shape index (κ3) is 5.14. The molecule has 1 aromatic carbocycles. The Morgan fingerprint density at radius 2 is 1.90 bits per heavy atom. The predicted octanol–water partition coefficient (Wildman–Crippen LogP) is 2.92. The Bertz CT molecular complexity index is 383. The fraction of sp³-hybridized carbons (Fsp3) is 0.562. The second kappa shape index (κ2) is 9.78. The zero-order valence-corrected chi connectivity index (χ0v) is 13.7. The lowest BCUT2D eigenvalue weighted by molar-refractivity contribution is -0.132. The van der Waals surface area contributed by atoms with Crippen LogP contribution in [0.5, 0.6) is 0 Å². The Morgan fingerprint density at radius 1 is 1.30 bits per heavy atom. The number of benzene rings is 1. The predicted molar refractivity (Wildman–Crippen MR) is 87.4 cm³/mol. The summed E-state index contributed by atoms with van der Waals surface area (Å²) in [7, 11) is 3.79. The zero-order valence-electron chi connectivity index (χ0n) is 12.9. The van der Waals surface area contributed by atoms with Crippen molar-refractivity contribution >= 4 is 18.3 Å². The van der Waals surface area contributed by atoms with Crippen molar-refractivity contribution in [2.24, 2.45) is 5.92 Å². The molecule has 3 nitrogen and oxygen atoms in total. The molecule has 0 saturated carbocycles. The molecule has 0 heterocycles. The molecule has 0 spiro atoms. The molecule has 0 aliphatic rings. The van der Waals surface area contributed by atoms with Gasteiger partial charge < -0.3 is 10.2 Å². The van der Waals surface area contributed by atoms with Gasteiger partial charge >= 0.3 is 0 Å². The fourth-order valence-corrected chi connectivity index (χ4v) is 2.24. The second-order valence-electron chi connectivity index (χ2n) is 5.14. The summed E-state index contributed by atoms with van der Waals surface area (Å²) >= 11 is 0. The lowest BCUT2D eigenvalue weighted by atomic mass is 9.84. The Balaban J connectivity index is 0.00000361. The highest BCUT2D eigenvalue weighted by Crippen LogP contribution is 2.28. The summed E-state index contributed by atoms with van der Waals surface area (Å²) < 4.78 is 0. The lowest BCUT2D eigenvalue weighted by Gasteiger charge is -2.28. The van der Waals surface area contributed by atoms with Crippen LogP contribution in [-0.2, 0) is 4.79 Å². The number of carbonyl (C=O) groups is 1. The molecule has 0 saturated heterocycles. The number of carbonyl (C=O) groups excluding carboxylic acids is 1. The van der Waals surface area contributed by atoms with Crippen molar-refractivity contribution in [2.75, 3.05) is 27.2 Å². The first-order valence-electron chi connectivity index (χ1n) is 7.06. The van der Waals surface area contributed by atoms with E-state index in [0.717, 1.165) is 25.1 Å². The first-order valence-corrected chi connectivity index (χ1v) is 7.06. The largest absolute Gasteiger partial charge is 0.344 e. The van der Waals surface area contributed by atoms with Gasteiger partial charge in [0.05, 0.1) is 5.92 Å². The van der Waals surface area contributed by atoms with Crippen molar-refractivity contribution in [3.63, 3.8) is 0 Å². The Hall–Kier alpha value is -1.06. The van der Waals surface area contributed by atoms with Crippen LogP contribution in [0.1, 0.15) is 31.7 Å². The minimum Gasteiger partial charge on any atom is -0.344 e. The Kier molecular flexibility index (Phi) is 9.26. The van der Waals surface area contributed by atoms with Gasteiger partial charge in [0.15, 0.2) is 0 Å². The first-order chi connectivity index (χ1) is 9.11. The van der Waals surface area contributed by atoms with E-state index in [9.17, 15) is 4.79 Å². The van der Waals surface area contributed by atoms with E-state index in [2.05, 4.69) is 31.3 Å². The van der Waals surface area contributed by atoms with Gasteiger partial charge in [0.2, 0.25) is 5.91 Å². The van der Waals surface area contributed by atoms with E-state index in [-0.39, 0.29) is 24.2 Å². The maximum absolute atomic E-state index is 12.6. The van der Waals surface area contributed by atoms with E-state index in [1.54, 1.807) is 0 Å². The molecule has 2 atom stereocenters. The summed E-state index contributed by atoms with van der Waals surface area (Å²) in [5.41, 5.74) is 1.12. The molecule has 2 unspecified atom stereocenters. The number of hydrogen-bond acceptors (Lipinski definition) is 2. The molecule has 114 valence electrons. The van der Waals surface area contributed by atoms with Gasteiger partial charge in [-0.15, -0.1) is 12.4 Å². The summed E-state index contributed by atoms with van der Waals surface area (Å²) in [5, 5.41) is 3.08. The molecule has 0 aliphatic carbocycles. The highest BCUT2D eigenvalue weighted by Gasteiger charge is 2.27. The van der Waals surface area contributed by atoms with E-state index < -0.39 is 0 Å². The molecular weight excluding hydrogens is 272 g/mol. The van der Waals surface area contributed by atoms with Crippen LogP contribution in [0.3, 0.4) is 0 Å². The molecule has 20 heavy (non-hydrogen) atoms. The number of halogens is 1. The number of likely N-dealkylation sites (N-methyl/N-ethyl adjacent to an activating group) is 2. The van der Waals surface area contributed by atoms with E-state index >= 15 is 0 Å². The summed E-state index contributed by atoms with van der Waals surface area (Å²) in [6.07, 6.45) is 1.01. The number of hydrogen-bond donors (Lipinski definition) is 1. The van der Waals surface area contributed by atoms with E-state index in [0.29, 0.717) is 5.92 Å². The molecule has 4 heteroatoms. The summed E-state index contributed by atoms with van der Waals surface area (Å²) in [5.74, 6) is 0.538. The number of nitrogens with zero attached hydrogens (tertiary/aromatic N) is 1. The minimum absolute atomic E-state index is 0. The molecule has 0 aromatic heterocycles. The maximum atomic E-state index is 12.6. The van der Waals surface area contributed by atoms with Crippen molar-refractivity contribution in [3.05, 3.63) is 35.9 Å². The van der Waals surface area contributed by atoms with Gasteiger partial charge in [-0.2, -0.15) is 0 Å². The van der Waals surface area contributed by atoms with Gasteiger partial charge in [-0.25, -0.2) is 0 Å². The summed E-state index contributed by atoms with van der Waals surface area (Å²) in [6.45, 7) is 5.86. The molecule has 1 amide bonds. The third-order valence-electron chi connectivity index (χ3n) is 3.71. The Morgan fingerprint density at radius 3 is 2.40 bits per heavy atom. The third-order valence-corrected chi connectivity index (χ3v) is 3.71. The zero-order chi connectivity index (χ0) is 14.3. The molecule has 1 N–H and O–H groups in total. The van der Waals surface area contributed by atoms with Gasteiger partial charge in [0.1, 0.15) is 0 Å². The monoisotopic (exact) mass is 298 g/mol. The average molecular weight is 299 g/mol. The fourth-order valence-electron chi connectivity index (χ4n) is 2.24. The first kappa shape index (κ1) is 18.9. The van der Waals surface area contributed by atoms with Crippen LogP contribution in [0, 0.1) is 5.92 Å². The summed E-state index contributed by atoms with van der Waals surface area (Å²) in [6, 6.07) is 10.1. The van der Waals surface area contributed by atoms with Crippen molar-refractivity contribution in [1.82, 2.24) is 10.2 Å². The standard InChI is InChI=1S/C16H26N2O.ClH/c1-5-13(2)15(14-9-7-6-8-10-14)16(19)18(4)12-11-17-3;/h6-10,13,15,17H,5,11-12H2,1-4H3;1H. The maximum Gasteiger partial charge on any atom is 0.230 e. The molecule has 0 fully saturated rings. The van der Waals surface area contributed by atoms with Crippen molar-refractivity contribution < 1.29 is 4.79 Å². The normalized spacial score (nSPS) is 13.2. The van der Waals surface area contributed by atoms with Gasteiger partial charge in [-0.05, 0) is 18.5 Å². The van der Waals surface area contributed by atoms with Crippen LogP contribution in [0.15, 0.2) is 30.3 Å². The van der Waals surface area contributed by atoms with Crippen LogP contribution in [0.25, 0.3) is 0 Å². The quantitative estimate of drug-likeness (QED) is 0.839. The average Bonchev–Trinajstić information content (AvgIpc) is 2.45. The molecule has 0 aliphatic heterocycles. The Labute approximate surface area is 129 Å². The second-order valence-corrected chi connectivity index (χ2v) is 5.14. The molecular formula is C16H27ClN2O. The van der Waals surface area contributed by atoms with E-state index in [4.69, 9.17) is 0 Å². The van der Waals surface area contributed by atoms with Crippen LogP contribution >= 0.6 is 12.4 Å². The van der Waals surface area contributed by atoms with Gasteiger partial charge in [0, 0.05) is 20.1 Å². The smallest absolute Gasteiger partial charge is 0.230 e. The van der Waals surface area contributed by atoms with Gasteiger partial charge in [-0.3, -0.25) is 4.79 Å². The van der Waals surface area contributed by atoms with Crippen LogP contribution < -0.4 is 5.32 Å². The topological polar surface area (TPSA) is 32.3 Å². The number of rotatable bonds is 7. The van der Waals surface area contributed by atoms with Crippen molar-refractivity contribution in [1.29, 1.82) is 0 Å².